The minimum atomic E-state index is -0.430. The number of nitrogens with two attached hydrogens (primary N) is 2. The summed E-state index contributed by atoms with van der Waals surface area (Å²) in [6, 6.07) is -0.358. The Labute approximate surface area is 92.8 Å². The highest BCUT2D eigenvalue weighted by atomic mass is 16.2. The van der Waals surface area contributed by atoms with Crippen LogP contribution in [0.1, 0.15) is 40.0 Å². The molecular formula is C11H25N3O. The zero-order valence-corrected chi connectivity index (χ0v) is 10.1. The summed E-state index contributed by atoms with van der Waals surface area (Å²) in [4.78, 5) is 11.6. The molecule has 1 amide bonds. The van der Waals surface area contributed by atoms with Crippen LogP contribution in [0.3, 0.4) is 0 Å². The fourth-order valence-corrected chi connectivity index (χ4v) is 1.30. The van der Waals surface area contributed by atoms with E-state index in [-0.39, 0.29) is 17.9 Å². The molecule has 0 spiro atoms. The third-order valence-corrected chi connectivity index (χ3v) is 2.56. The zero-order chi connectivity index (χ0) is 11.8. The van der Waals surface area contributed by atoms with Crippen LogP contribution in [0.5, 0.6) is 0 Å². The molecule has 4 heteroatoms. The van der Waals surface area contributed by atoms with Crippen LogP contribution in [0.25, 0.3) is 0 Å². The van der Waals surface area contributed by atoms with E-state index in [1.807, 2.05) is 13.8 Å². The lowest BCUT2D eigenvalue weighted by Crippen LogP contribution is -2.49. The number of amides is 1. The van der Waals surface area contributed by atoms with Crippen molar-refractivity contribution in [1.82, 2.24) is 5.32 Å². The highest BCUT2D eigenvalue weighted by Gasteiger charge is 2.19. The lowest BCUT2D eigenvalue weighted by Gasteiger charge is -2.21. The number of hydrogen-bond acceptors (Lipinski definition) is 3. The molecule has 0 aromatic heterocycles. The third-order valence-electron chi connectivity index (χ3n) is 2.56. The second-order valence-corrected chi connectivity index (χ2v) is 4.35. The zero-order valence-electron chi connectivity index (χ0n) is 10.1. The Morgan fingerprint density at radius 2 is 2.00 bits per heavy atom. The Morgan fingerprint density at radius 3 is 2.40 bits per heavy atom. The summed E-state index contributed by atoms with van der Waals surface area (Å²) in [6.07, 6.45) is 3.13. The number of nitrogens with one attached hydrogen (secondary N) is 1. The standard InChI is InChI=1S/C11H25N3O/c1-4-5-6-9(7-12)14-11(15)10(13)8(2)3/h8-10H,4-7,12-13H2,1-3H3,(H,14,15)/t9?,10-/m0/s1. The van der Waals surface area contributed by atoms with Crippen molar-refractivity contribution in [3.05, 3.63) is 0 Å². The van der Waals surface area contributed by atoms with Gasteiger partial charge in [0.2, 0.25) is 5.91 Å². The van der Waals surface area contributed by atoms with Crippen molar-refractivity contribution in [2.45, 2.75) is 52.1 Å². The summed E-state index contributed by atoms with van der Waals surface area (Å²) in [6.45, 7) is 6.48. The van der Waals surface area contributed by atoms with E-state index in [1.54, 1.807) is 0 Å². The lowest BCUT2D eigenvalue weighted by molar-refractivity contribution is -0.123. The molecule has 0 aliphatic rings. The van der Waals surface area contributed by atoms with Crippen LogP contribution < -0.4 is 16.8 Å². The first-order valence-electron chi connectivity index (χ1n) is 5.78. The van der Waals surface area contributed by atoms with Crippen LogP contribution in [0.4, 0.5) is 0 Å². The predicted molar refractivity (Wildman–Crippen MR) is 63.3 cm³/mol. The van der Waals surface area contributed by atoms with E-state index in [0.717, 1.165) is 19.3 Å². The van der Waals surface area contributed by atoms with Crippen molar-refractivity contribution in [2.24, 2.45) is 17.4 Å². The molecule has 0 rings (SSSR count). The van der Waals surface area contributed by atoms with Gasteiger partial charge >= 0.3 is 0 Å². The number of carbonyl (C=O) groups excluding carboxylic acids is 1. The maximum atomic E-state index is 11.6. The Balaban J connectivity index is 4.00. The van der Waals surface area contributed by atoms with Crippen LogP contribution in [0.15, 0.2) is 0 Å². The van der Waals surface area contributed by atoms with Crippen LogP contribution in [0.2, 0.25) is 0 Å². The lowest BCUT2D eigenvalue weighted by atomic mass is 10.0. The summed E-state index contributed by atoms with van der Waals surface area (Å²) in [5.74, 6) is 0.0751. The van der Waals surface area contributed by atoms with Gasteiger partial charge in [-0.1, -0.05) is 33.6 Å². The smallest absolute Gasteiger partial charge is 0.237 e. The molecule has 4 nitrogen and oxygen atoms in total. The van der Waals surface area contributed by atoms with Gasteiger partial charge in [0, 0.05) is 12.6 Å². The van der Waals surface area contributed by atoms with E-state index in [1.165, 1.54) is 0 Å². The van der Waals surface area contributed by atoms with Gasteiger partial charge in [-0.2, -0.15) is 0 Å². The normalized spacial score (nSPS) is 15.1. The van der Waals surface area contributed by atoms with Gasteiger partial charge in [0.15, 0.2) is 0 Å². The molecule has 0 aromatic rings. The molecule has 0 aromatic carbocycles. The van der Waals surface area contributed by atoms with Crippen molar-refractivity contribution in [3.8, 4) is 0 Å². The molecule has 0 aliphatic carbocycles. The Hall–Kier alpha value is -0.610. The molecular weight excluding hydrogens is 190 g/mol. The summed E-state index contributed by atoms with van der Waals surface area (Å²) >= 11 is 0. The van der Waals surface area contributed by atoms with Gasteiger partial charge in [-0.3, -0.25) is 4.79 Å². The molecule has 0 heterocycles. The summed E-state index contributed by atoms with van der Waals surface area (Å²) in [7, 11) is 0. The fourth-order valence-electron chi connectivity index (χ4n) is 1.30. The average Bonchev–Trinajstić information content (AvgIpc) is 2.22. The minimum absolute atomic E-state index is 0.0715. The van der Waals surface area contributed by atoms with Gasteiger partial charge in [0.05, 0.1) is 6.04 Å². The van der Waals surface area contributed by atoms with Gasteiger partial charge < -0.3 is 16.8 Å². The number of carbonyl (C=O) groups is 1. The summed E-state index contributed by atoms with van der Waals surface area (Å²) < 4.78 is 0. The second-order valence-electron chi connectivity index (χ2n) is 4.35. The molecule has 1 unspecified atom stereocenters. The minimum Gasteiger partial charge on any atom is -0.351 e. The van der Waals surface area contributed by atoms with E-state index < -0.39 is 6.04 Å². The summed E-state index contributed by atoms with van der Waals surface area (Å²) in [5.41, 5.74) is 11.3. The maximum Gasteiger partial charge on any atom is 0.237 e. The molecule has 15 heavy (non-hydrogen) atoms. The third kappa shape index (κ3) is 5.74. The first-order chi connectivity index (χ1) is 7.02. The van der Waals surface area contributed by atoms with E-state index in [0.29, 0.717) is 6.54 Å². The maximum absolute atomic E-state index is 11.6. The van der Waals surface area contributed by atoms with E-state index in [9.17, 15) is 4.79 Å². The Kier molecular flexibility index (Phi) is 7.34. The molecule has 0 saturated heterocycles. The Bertz CT molecular complexity index is 183. The average molecular weight is 215 g/mol. The number of unbranched alkanes of at least 4 members (excludes halogenated alkanes) is 1. The van der Waals surface area contributed by atoms with Crippen LogP contribution in [-0.4, -0.2) is 24.5 Å². The Morgan fingerprint density at radius 1 is 1.40 bits per heavy atom. The molecule has 90 valence electrons. The largest absolute Gasteiger partial charge is 0.351 e. The van der Waals surface area contributed by atoms with Crippen LogP contribution in [-0.2, 0) is 4.79 Å². The first-order valence-corrected chi connectivity index (χ1v) is 5.78. The van der Waals surface area contributed by atoms with Crippen molar-refractivity contribution >= 4 is 5.91 Å². The van der Waals surface area contributed by atoms with Gasteiger partial charge in [0.25, 0.3) is 0 Å². The fraction of sp³-hybridized carbons (Fsp3) is 0.909. The second kappa shape index (κ2) is 7.65. The molecule has 0 bridgehead atoms. The molecule has 2 atom stereocenters. The molecule has 0 saturated carbocycles. The summed E-state index contributed by atoms with van der Waals surface area (Å²) in [5, 5.41) is 2.89. The number of rotatable bonds is 7. The topological polar surface area (TPSA) is 81.1 Å². The van der Waals surface area contributed by atoms with E-state index in [4.69, 9.17) is 11.5 Å². The van der Waals surface area contributed by atoms with Crippen LogP contribution >= 0.6 is 0 Å². The molecule has 0 fully saturated rings. The van der Waals surface area contributed by atoms with Gasteiger partial charge in [-0.15, -0.1) is 0 Å². The van der Waals surface area contributed by atoms with E-state index >= 15 is 0 Å². The van der Waals surface area contributed by atoms with Gasteiger partial charge in [-0.25, -0.2) is 0 Å². The molecule has 5 N–H and O–H groups in total. The van der Waals surface area contributed by atoms with Crippen molar-refractivity contribution < 1.29 is 4.79 Å². The first kappa shape index (κ1) is 14.4. The van der Waals surface area contributed by atoms with Crippen LogP contribution in [0, 0.1) is 5.92 Å². The highest BCUT2D eigenvalue weighted by Crippen LogP contribution is 2.02. The number of hydrogen-bond donors (Lipinski definition) is 3. The predicted octanol–water partition coefficient (Wildman–Crippen LogP) is 0.603. The van der Waals surface area contributed by atoms with Gasteiger partial charge in [-0.05, 0) is 12.3 Å². The van der Waals surface area contributed by atoms with Crippen molar-refractivity contribution in [2.75, 3.05) is 6.54 Å². The van der Waals surface area contributed by atoms with Gasteiger partial charge in [0.1, 0.15) is 0 Å². The van der Waals surface area contributed by atoms with E-state index in [2.05, 4.69) is 12.2 Å². The van der Waals surface area contributed by atoms with Crippen molar-refractivity contribution in [1.29, 1.82) is 0 Å². The molecule has 0 radical (unpaired) electrons. The monoisotopic (exact) mass is 215 g/mol. The highest BCUT2D eigenvalue weighted by molar-refractivity contribution is 5.82. The quantitative estimate of drug-likeness (QED) is 0.582. The molecule has 0 aliphatic heterocycles. The SMILES string of the molecule is CCCCC(CN)NC(=O)[C@@H](N)C(C)C. The van der Waals surface area contributed by atoms with Crippen molar-refractivity contribution in [3.63, 3.8) is 0 Å².